The van der Waals surface area contributed by atoms with Crippen molar-refractivity contribution in [2.75, 3.05) is 0 Å². The molecule has 0 unspecified atom stereocenters. The molecule has 0 amide bonds. The van der Waals surface area contributed by atoms with Crippen molar-refractivity contribution in [3.05, 3.63) is 60.1 Å². The fraction of sp³-hybridized carbons (Fsp3) is 0.316. The van der Waals surface area contributed by atoms with Gasteiger partial charge >= 0.3 is 7.12 Å². The zero-order chi connectivity index (χ0) is 17.4. The lowest BCUT2D eigenvalue weighted by atomic mass is 9.86. The summed E-state index contributed by atoms with van der Waals surface area (Å²) in [7, 11) is -0.973. The summed E-state index contributed by atoms with van der Waals surface area (Å²) in [6.45, 7) is 7.63. The number of aromatic nitrogens is 1. The first-order valence-electron chi connectivity index (χ1n) is 8.02. The van der Waals surface area contributed by atoms with E-state index in [0.29, 0.717) is 0 Å². The number of benzene rings is 1. The molecule has 124 valence electrons. The Bertz CT molecular complexity index is 743. The Labute approximate surface area is 142 Å². The summed E-state index contributed by atoms with van der Waals surface area (Å²) in [6.07, 6.45) is 4.94. The van der Waals surface area contributed by atoms with E-state index in [1.165, 1.54) is 6.08 Å². The molecule has 2 aromatic rings. The summed E-state index contributed by atoms with van der Waals surface area (Å²) in [5, 5.41) is 0. The third kappa shape index (κ3) is 3.28. The molecule has 1 fully saturated rings. The maximum Gasteiger partial charge on any atom is 0.525 e. The Morgan fingerprint density at radius 1 is 1.00 bits per heavy atom. The predicted molar refractivity (Wildman–Crippen MR) is 94.8 cm³/mol. The lowest BCUT2D eigenvalue weighted by Gasteiger charge is -2.32. The second-order valence-corrected chi connectivity index (χ2v) is 6.98. The van der Waals surface area contributed by atoms with Crippen molar-refractivity contribution in [2.45, 2.75) is 38.9 Å². The minimum atomic E-state index is -0.973. The predicted octanol–water partition coefficient (Wildman–Crippen LogP) is 4.69. The van der Waals surface area contributed by atoms with Crippen molar-refractivity contribution < 1.29 is 13.7 Å². The van der Waals surface area contributed by atoms with E-state index in [9.17, 15) is 4.39 Å². The zero-order valence-corrected chi connectivity index (χ0v) is 14.4. The molecule has 0 aliphatic carbocycles. The second-order valence-electron chi connectivity index (χ2n) is 6.98. The minimum Gasteiger partial charge on any atom is -0.398 e. The van der Waals surface area contributed by atoms with Crippen molar-refractivity contribution in [1.82, 2.24) is 4.98 Å². The third-order valence-corrected chi connectivity index (χ3v) is 4.68. The van der Waals surface area contributed by atoms with Crippen LogP contribution in [0.3, 0.4) is 0 Å². The molecule has 1 aromatic carbocycles. The molecule has 0 saturated carbocycles. The molecule has 0 N–H and O–H groups in total. The van der Waals surface area contributed by atoms with E-state index in [-0.39, 0.29) is 0 Å². The number of pyridine rings is 1. The van der Waals surface area contributed by atoms with Gasteiger partial charge in [-0.15, -0.1) is 0 Å². The third-order valence-electron chi connectivity index (χ3n) is 4.68. The van der Waals surface area contributed by atoms with E-state index in [0.717, 1.165) is 16.7 Å². The van der Waals surface area contributed by atoms with Crippen molar-refractivity contribution in [3.8, 4) is 11.1 Å². The fourth-order valence-corrected chi connectivity index (χ4v) is 2.54. The van der Waals surface area contributed by atoms with Crippen LogP contribution in [0, 0.1) is 0 Å². The van der Waals surface area contributed by atoms with Crippen LogP contribution in [0.4, 0.5) is 4.39 Å². The zero-order valence-electron chi connectivity index (χ0n) is 14.4. The Kier molecular flexibility index (Phi) is 4.32. The van der Waals surface area contributed by atoms with Gasteiger partial charge in [0.2, 0.25) is 0 Å². The van der Waals surface area contributed by atoms with Gasteiger partial charge in [-0.05, 0) is 68.7 Å². The molecule has 1 aliphatic heterocycles. The van der Waals surface area contributed by atoms with Crippen LogP contribution in [0.5, 0.6) is 0 Å². The molecule has 5 heteroatoms. The van der Waals surface area contributed by atoms with Crippen LogP contribution in [0.1, 0.15) is 33.3 Å². The largest absolute Gasteiger partial charge is 0.525 e. The fourth-order valence-electron chi connectivity index (χ4n) is 2.54. The molecule has 24 heavy (non-hydrogen) atoms. The van der Waals surface area contributed by atoms with Crippen LogP contribution >= 0.6 is 0 Å². The highest BCUT2D eigenvalue weighted by atomic mass is 19.1. The summed E-state index contributed by atoms with van der Waals surface area (Å²) < 4.78 is 26.1. The molecule has 1 aromatic heterocycles. The normalized spacial score (nSPS) is 19.5. The standard InChI is InChI=1S/C19H21BFNO2/c1-18(2)19(3,4)24-20(23-18)17(21)13-14-6-5-7-16(12-14)15-8-10-22-11-9-15/h5-13H,1-4H3. The van der Waals surface area contributed by atoms with Gasteiger partial charge in [-0.2, -0.15) is 0 Å². The molecular formula is C19H21BFNO2. The van der Waals surface area contributed by atoms with Gasteiger partial charge in [0.1, 0.15) is 5.73 Å². The van der Waals surface area contributed by atoms with Crippen molar-refractivity contribution in [2.24, 2.45) is 0 Å². The van der Waals surface area contributed by atoms with Crippen molar-refractivity contribution in [1.29, 1.82) is 0 Å². The first kappa shape index (κ1) is 16.9. The highest BCUT2D eigenvalue weighted by Crippen LogP contribution is 2.39. The molecule has 1 saturated heterocycles. The number of hydrogen-bond donors (Lipinski definition) is 0. The van der Waals surface area contributed by atoms with Gasteiger partial charge < -0.3 is 9.31 Å². The van der Waals surface area contributed by atoms with E-state index in [1.807, 2.05) is 64.1 Å². The van der Waals surface area contributed by atoms with Gasteiger partial charge in [0.15, 0.2) is 0 Å². The number of hydrogen-bond acceptors (Lipinski definition) is 3. The summed E-state index contributed by atoms with van der Waals surface area (Å²) in [5.41, 5.74) is 1.27. The highest BCUT2D eigenvalue weighted by molar-refractivity contribution is 6.54. The highest BCUT2D eigenvalue weighted by Gasteiger charge is 2.53. The van der Waals surface area contributed by atoms with E-state index < -0.39 is 24.0 Å². The number of rotatable bonds is 3. The van der Waals surface area contributed by atoms with Gasteiger partial charge in [-0.25, -0.2) is 4.39 Å². The van der Waals surface area contributed by atoms with E-state index in [2.05, 4.69) is 4.98 Å². The quantitative estimate of drug-likeness (QED) is 0.767. The van der Waals surface area contributed by atoms with Crippen LogP contribution in [0.15, 0.2) is 54.5 Å². The molecule has 0 radical (unpaired) electrons. The van der Waals surface area contributed by atoms with E-state index in [1.54, 1.807) is 12.4 Å². The molecule has 0 atom stereocenters. The van der Waals surface area contributed by atoms with Gasteiger partial charge in [0.25, 0.3) is 0 Å². The van der Waals surface area contributed by atoms with Gasteiger partial charge in [0, 0.05) is 12.4 Å². The second kappa shape index (κ2) is 6.15. The number of nitrogens with zero attached hydrogens (tertiary/aromatic N) is 1. The lowest BCUT2D eigenvalue weighted by Crippen LogP contribution is -2.41. The van der Waals surface area contributed by atoms with Crippen molar-refractivity contribution >= 4 is 13.2 Å². The first-order chi connectivity index (χ1) is 11.3. The van der Waals surface area contributed by atoms with E-state index >= 15 is 0 Å². The van der Waals surface area contributed by atoms with Crippen LogP contribution in [0.2, 0.25) is 0 Å². The van der Waals surface area contributed by atoms with Crippen molar-refractivity contribution in [3.63, 3.8) is 0 Å². The lowest BCUT2D eigenvalue weighted by molar-refractivity contribution is 0.00578. The number of halogens is 1. The maximum atomic E-state index is 14.6. The van der Waals surface area contributed by atoms with Gasteiger partial charge in [-0.3, -0.25) is 4.98 Å². The Hall–Kier alpha value is -1.98. The van der Waals surface area contributed by atoms with E-state index in [4.69, 9.17) is 9.31 Å². The smallest absolute Gasteiger partial charge is 0.398 e. The summed E-state index contributed by atoms with van der Waals surface area (Å²) >= 11 is 0. The molecule has 1 aliphatic rings. The summed E-state index contributed by atoms with van der Waals surface area (Å²) in [6, 6.07) is 11.5. The SMILES string of the molecule is CC1(C)OB(C(F)=Cc2cccc(-c3ccncc3)c2)OC1(C)C. The molecular weight excluding hydrogens is 304 g/mol. The minimum absolute atomic E-state index is 0.430. The van der Waals surface area contributed by atoms with Gasteiger partial charge in [-0.1, -0.05) is 18.2 Å². The molecule has 2 heterocycles. The van der Waals surface area contributed by atoms with Crippen LogP contribution < -0.4 is 0 Å². The average Bonchev–Trinajstić information content (AvgIpc) is 2.77. The Balaban J connectivity index is 1.84. The summed E-state index contributed by atoms with van der Waals surface area (Å²) in [5.74, 6) is 0. The van der Waals surface area contributed by atoms with Gasteiger partial charge in [0.05, 0.1) is 11.2 Å². The Morgan fingerprint density at radius 3 is 2.25 bits per heavy atom. The molecule has 0 bridgehead atoms. The Morgan fingerprint density at radius 2 is 1.62 bits per heavy atom. The summed E-state index contributed by atoms with van der Waals surface area (Å²) in [4.78, 5) is 4.02. The van der Waals surface area contributed by atoms with Crippen LogP contribution in [-0.4, -0.2) is 23.3 Å². The van der Waals surface area contributed by atoms with Crippen LogP contribution in [0.25, 0.3) is 17.2 Å². The first-order valence-corrected chi connectivity index (χ1v) is 8.02. The molecule has 0 spiro atoms. The van der Waals surface area contributed by atoms with Crippen LogP contribution in [-0.2, 0) is 9.31 Å². The molecule has 3 rings (SSSR count). The maximum absolute atomic E-state index is 14.6. The molecule has 3 nitrogen and oxygen atoms in total. The average molecular weight is 325 g/mol. The topological polar surface area (TPSA) is 31.4 Å². The monoisotopic (exact) mass is 325 g/mol.